The number of para-hydroxylation sites is 1. The van der Waals surface area contributed by atoms with Gasteiger partial charge in [0.15, 0.2) is 0 Å². The quantitative estimate of drug-likeness (QED) is 0.383. The number of carboxylic acid groups (broad SMARTS) is 1. The number of rotatable bonds is 8. The number of hydrogen-bond donors (Lipinski definition) is 1. The molecule has 5 heteroatoms. The highest BCUT2D eigenvalue weighted by Crippen LogP contribution is 2.36. The normalized spacial score (nSPS) is 13.3. The van der Waals surface area contributed by atoms with Crippen LogP contribution >= 0.6 is 0 Å². The van der Waals surface area contributed by atoms with Crippen LogP contribution in [0.4, 0.5) is 0 Å². The molecule has 3 aromatic carbocycles. The van der Waals surface area contributed by atoms with Crippen molar-refractivity contribution in [3.05, 3.63) is 84.1 Å². The van der Waals surface area contributed by atoms with Gasteiger partial charge in [0.2, 0.25) is 0 Å². The first-order valence-corrected chi connectivity index (χ1v) is 10.8. The summed E-state index contributed by atoms with van der Waals surface area (Å²) >= 11 is 0. The molecular formula is C27H25NO4. The Labute approximate surface area is 186 Å². The number of methoxy groups -OCH3 is 1. The van der Waals surface area contributed by atoms with E-state index in [-0.39, 0.29) is 5.69 Å². The molecule has 32 heavy (non-hydrogen) atoms. The number of aromatic nitrogens is 1. The molecule has 1 fully saturated rings. The maximum absolute atomic E-state index is 12.5. The van der Waals surface area contributed by atoms with Crippen molar-refractivity contribution < 1.29 is 19.4 Å². The van der Waals surface area contributed by atoms with Gasteiger partial charge in [0.25, 0.3) is 0 Å². The molecule has 0 spiro atoms. The summed E-state index contributed by atoms with van der Waals surface area (Å²) in [6.07, 6.45) is 2.48. The first-order valence-electron chi connectivity index (χ1n) is 10.8. The standard InChI is InChI=1S/C27H25NO4/c1-31-21-13-11-20(12-14-21)25-23-7-2-3-8-24(23)28(26(25)27(29)30)16-19-5-4-6-22(15-19)32-17-18-9-10-18/h2-8,11-15,18H,9-10,16-17H2,1H3,(H,29,30). The summed E-state index contributed by atoms with van der Waals surface area (Å²) < 4.78 is 13.1. The minimum atomic E-state index is -0.951. The first kappa shape index (κ1) is 20.2. The van der Waals surface area contributed by atoms with E-state index in [0.29, 0.717) is 12.5 Å². The van der Waals surface area contributed by atoms with Crippen molar-refractivity contribution in [3.8, 4) is 22.6 Å². The highest BCUT2D eigenvalue weighted by molar-refractivity contribution is 6.08. The van der Waals surface area contributed by atoms with Crippen LogP contribution < -0.4 is 9.47 Å². The minimum Gasteiger partial charge on any atom is -0.497 e. The van der Waals surface area contributed by atoms with Gasteiger partial charge >= 0.3 is 5.97 Å². The molecule has 0 saturated heterocycles. The Morgan fingerprint density at radius 3 is 2.50 bits per heavy atom. The van der Waals surface area contributed by atoms with E-state index < -0.39 is 5.97 Å². The molecule has 1 heterocycles. The number of benzene rings is 3. The fourth-order valence-corrected chi connectivity index (χ4v) is 4.15. The van der Waals surface area contributed by atoms with Crippen molar-refractivity contribution in [2.45, 2.75) is 19.4 Å². The van der Waals surface area contributed by atoms with Crippen molar-refractivity contribution >= 4 is 16.9 Å². The third kappa shape index (κ3) is 3.94. The molecule has 1 aromatic heterocycles. The van der Waals surface area contributed by atoms with Gasteiger partial charge in [-0.25, -0.2) is 4.79 Å². The SMILES string of the molecule is COc1ccc(-c2c(C(=O)O)n(Cc3cccc(OCC4CC4)c3)c3ccccc23)cc1. The molecule has 1 N–H and O–H groups in total. The van der Waals surface area contributed by atoms with E-state index in [1.807, 2.05) is 77.4 Å². The van der Waals surface area contributed by atoms with E-state index in [0.717, 1.165) is 45.7 Å². The molecule has 0 amide bonds. The summed E-state index contributed by atoms with van der Waals surface area (Å²) in [5.74, 6) is 1.29. The van der Waals surface area contributed by atoms with Gasteiger partial charge < -0.3 is 19.1 Å². The molecule has 1 saturated carbocycles. The molecule has 5 nitrogen and oxygen atoms in total. The molecule has 4 aromatic rings. The highest BCUT2D eigenvalue weighted by Gasteiger charge is 2.24. The summed E-state index contributed by atoms with van der Waals surface area (Å²) in [6.45, 7) is 1.19. The van der Waals surface area contributed by atoms with E-state index in [4.69, 9.17) is 9.47 Å². The molecule has 5 rings (SSSR count). The Hall–Kier alpha value is -3.73. The summed E-state index contributed by atoms with van der Waals surface area (Å²) in [5.41, 5.74) is 3.74. The zero-order chi connectivity index (χ0) is 22.1. The zero-order valence-electron chi connectivity index (χ0n) is 18.0. The average Bonchev–Trinajstić information content (AvgIpc) is 3.60. The van der Waals surface area contributed by atoms with Crippen molar-refractivity contribution in [1.29, 1.82) is 0 Å². The summed E-state index contributed by atoms with van der Waals surface area (Å²) in [5, 5.41) is 11.1. The number of ether oxygens (including phenoxy) is 2. The second-order valence-electron chi connectivity index (χ2n) is 8.26. The average molecular weight is 428 g/mol. The Bertz CT molecular complexity index is 1270. The third-order valence-corrected chi connectivity index (χ3v) is 5.97. The van der Waals surface area contributed by atoms with E-state index in [1.54, 1.807) is 7.11 Å². The second kappa shape index (κ2) is 8.42. The largest absolute Gasteiger partial charge is 0.497 e. The fraction of sp³-hybridized carbons (Fsp3) is 0.222. The van der Waals surface area contributed by atoms with Gasteiger partial charge in [0, 0.05) is 23.0 Å². The van der Waals surface area contributed by atoms with E-state index in [2.05, 4.69) is 0 Å². The molecule has 1 aliphatic rings. The van der Waals surface area contributed by atoms with Crippen molar-refractivity contribution in [1.82, 2.24) is 4.57 Å². The number of carboxylic acids is 1. The zero-order valence-corrected chi connectivity index (χ0v) is 18.0. The summed E-state index contributed by atoms with van der Waals surface area (Å²) in [7, 11) is 1.62. The minimum absolute atomic E-state index is 0.278. The predicted molar refractivity (Wildman–Crippen MR) is 125 cm³/mol. The highest BCUT2D eigenvalue weighted by atomic mass is 16.5. The number of carbonyl (C=O) groups is 1. The fourth-order valence-electron chi connectivity index (χ4n) is 4.15. The lowest BCUT2D eigenvalue weighted by atomic mass is 10.0. The second-order valence-corrected chi connectivity index (χ2v) is 8.26. The van der Waals surface area contributed by atoms with Crippen LogP contribution in [0.15, 0.2) is 72.8 Å². The maximum atomic E-state index is 12.5. The Morgan fingerprint density at radius 2 is 1.78 bits per heavy atom. The molecule has 1 aliphatic carbocycles. The molecule has 0 unspecified atom stereocenters. The van der Waals surface area contributed by atoms with Crippen LogP contribution in [0.3, 0.4) is 0 Å². The van der Waals surface area contributed by atoms with Gasteiger partial charge in [0.05, 0.1) is 13.7 Å². The van der Waals surface area contributed by atoms with Crippen molar-refractivity contribution in [2.24, 2.45) is 5.92 Å². The smallest absolute Gasteiger partial charge is 0.353 e. The van der Waals surface area contributed by atoms with Crippen LogP contribution in [0.1, 0.15) is 28.9 Å². The van der Waals surface area contributed by atoms with Gasteiger partial charge in [-0.3, -0.25) is 0 Å². The Balaban J connectivity index is 1.59. The number of fused-ring (bicyclic) bond motifs is 1. The lowest BCUT2D eigenvalue weighted by molar-refractivity contribution is 0.0687. The van der Waals surface area contributed by atoms with Gasteiger partial charge in [-0.15, -0.1) is 0 Å². The van der Waals surface area contributed by atoms with Crippen molar-refractivity contribution in [3.63, 3.8) is 0 Å². The van der Waals surface area contributed by atoms with Gasteiger partial charge in [-0.1, -0.05) is 42.5 Å². The summed E-state index contributed by atoms with van der Waals surface area (Å²) in [6, 6.07) is 23.3. The molecule has 162 valence electrons. The molecule has 0 atom stereocenters. The maximum Gasteiger partial charge on any atom is 0.353 e. The van der Waals surface area contributed by atoms with E-state index >= 15 is 0 Å². The number of hydrogen-bond acceptors (Lipinski definition) is 3. The molecule has 0 aliphatic heterocycles. The van der Waals surface area contributed by atoms with Crippen molar-refractivity contribution in [2.75, 3.05) is 13.7 Å². The Kier molecular flexibility index (Phi) is 5.31. The molecule has 0 bridgehead atoms. The van der Waals surface area contributed by atoms with Gasteiger partial charge in [-0.2, -0.15) is 0 Å². The lowest BCUT2D eigenvalue weighted by Gasteiger charge is -2.12. The third-order valence-electron chi connectivity index (χ3n) is 5.97. The van der Waals surface area contributed by atoms with E-state index in [9.17, 15) is 9.90 Å². The van der Waals surface area contributed by atoms with Crippen LogP contribution in [-0.2, 0) is 6.54 Å². The van der Waals surface area contributed by atoms with Crippen LogP contribution in [-0.4, -0.2) is 29.4 Å². The van der Waals surface area contributed by atoms with Gasteiger partial charge in [-0.05, 0) is 60.2 Å². The monoisotopic (exact) mass is 427 g/mol. The van der Waals surface area contributed by atoms with E-state index in [1.165, 1.54) is 12.8 Å². The molecular weight excluding hydrogens is 402 g/mol. The Morgan fingerprint density at radius 1 is 1.00 bits per heavy atom. The van der Waals surface area contributed by atoms with Crippen LogP contribution in [0.25, 0.3) is 22.0 Å². The first-order chi connectivity index (χ1) is 15.6. The van der Waals surface area contributed by atoms with Crippen LogP contribution in [0.2, 0.25) is 0 Å². The van der Waals surface area contributed by atoms with Gasteiger partial charge in [0.1, 0.15) is 17.2 Å². The molecule has 0 radical (unpaired) electrons. The van der Waals surface area contributed by atoms with Crippen LogP contribution in [0, 0.1) is 5.92 Å². The topological polar surface area (TPSA) is 60.7 Å². The van der Waals surface area contributed by atoms with Crippen LogP contribution in [0.5, 0.6) is 11.5 Å². The lowest BCUT2D eigenvalue weighted by Crippen LogP contribution is -2.10. The number of aromatic carboxylic acids is 1. The number of nitrogens with zero attached hydrogens (tertiary/aromatic N) is 1. The summed E-state index contributed by atoms with van der Waals surface area (Å²) in [4.78, 5) is 12.5. The predicted octanol–water partition coefficient (Wildman–Crippen LogP) is 5.85.